The number of aryl methyl sites for hydroxylation is 2. The number of likely N-dealkylation sites (tertiary alicyclic amines) is 1. The number of rotatable bonds is 4. The van der Waals surface area contributed by atoms with Crippen LogP contribution in [0.15, 0.2) is 18.2 Å². The predicted molar refractivity (Wildman–Crippen MR) is 120 cm³/mol. The van der Waals surface area contributed by atoms with Crippen LogP contribution in [0.4, 0.5) is 0 Å². The van der Waals surface area contributed by atoms with Gasteiger partial charge in [0.15, 0.2) is 0 Å². The minimum Gasteiger partial charge on any atom is -0.338 e. The number of hydrogen-bond acceptors (Lipinski definition) is 3. The van der Waals surface area contributed by atoms with Crippen LogP contribution in [0.1, 0.15) is 58.8 Å². The largest absolute Gasteiger partial charge is 0.338 e. The lowest BCUT2D eigenvalue weighted by Crippen LogP contribution is -2.42. The van der Waals surface area contributed by atoms with Crippen molar-refractivity contribution < 1.29 is 4.79 Å². The Morgan fingerprint density at radius 1 is 1.18 bits per heavy atom. The van der Waals surface area contributed by atoms with Crippen molar-refractivity contribution in [2.45, 2.75) is 45.4 Å². The molecule has 6 heteroatoms. The fourth-order valence-electron chi connectivity index (χ4n) is 4.34. The van der Waals surface area contributed by atoms with Crippen molar-refractivity contribution in [2.75, 3.05) is 26.7 Å². The monoisotopic (exact) mass is 423 g/mol. The Bertz CT molecular complexity index is 849. The third-order valence-corrected chi connectivity index (χ3v) is 5.79. The van der Waals surface area contributed by atoms with Gasteiger partial charge < -0.3 is 10.2 Å². The van der Waals surface area contributed by atoms with E-state index in [9.17, 15) is 4.79 Å². The second kappa shape index (κ2) is 9.43. The van der Waals surface area contributed by atoms with Gasteiger partial charge in [0.2, 0.25) is 0 Å². The van der Waals surface area contributed by atoms with Crippen molar-refractivity contribution in [1.29, 1.82) is 0 Å². The summed E-state index contributed by atoms with van der Waals surface area (Å²) in [4.78, 5) is 20.5. The normalized spacial score (nSPS) is 19.1. The van der Waals surface area contributed by atoms with Crippen LogP contribution in [0.5, 0.6) is 0 Å². The van der Waals surface area contributed by atoms with Crippen LogP contribution < -0.4 is 5.32 Å². The van der Waals surface area contributed by atoms with Crippen LogP contribution in [-0.4, -0.2) is 42.5 Å². The number of amides is 1. The first-order valence-electron chi connectivity index (χ1n) is 9.92. The number of pyridine rings is 1. The summed E-state index contributed by atoms with van der Waals surface area (Å²) in [5, 5.41) is 4.29. The van der Waals surface area contributed by atoms with E-state index in [0.29, 0.717) is 11.8 Å². The fraction of sp³-hybridized carbons (Fsp3) is 0.545. The van der Waals surface area contributed by atoms with Crippen LogP contribution in [-0.2, 0) is 0 Å². The number of piperidine rings is 1. The molecule has 0 radical (unpaired) electrons. The Hall–Kier alpha value is -1.36. The highest BCUT2D eigenvalue weighted by Gasteiger charge is 2.30. The molecule has 1 atom stereocenters. The first kappa shape index (κ1) is 22.9. The highest BCUT2D eigenvalue weighted by Crippen LogP contribution is 2.41. The summed E-state index contributed by atoms with van der Waals surface area (Å²) >= 11 is 0. The van der Waals surface area contributed by atoms with Crippen molar-refractivity contribution in [3.63, 3.8) is 0 Å². The zero-order valence-corrected chi connectivity index (χ0v) is 18.6. The molecule has 0 spiro atoms. The van der Waals surface area contributed by atoms with E-state index in [1.54, 1.807) is 0 Å². The molecule has 4 rings (SSSR count). The zero-order chi connectivity index (χ0) is 18.3. The molecule has 28 heavy (non-hydrogen) atoms. The van der Waals surface area contributed by atoms with E-state index >= 15 is 0 Å². The minimum atomic E-state index is 0. The summed E-state index contributed by atoms with van der Waals surface area (Å²) in [6.07, 6.45) is 4.69. The molecule has 1 aromatic carbocycles. The Kier molecular flexibility index (Phi) is 7.72. The van der Waals surface area contributed by atoms with Gasteiger partial charge in [-0.25, -0.2) is 0 Å². The van der Waals surface area contributed by atoms with Crippen LogP contribution in [0, 0.1) is 19.8 Å². The van der Waals surface area contributed by atoms with Crippen LogP contribution in [0.2, 0.25) is 0 Å². The van der Waals surface area contributed by atoms with Crippen molar-refractivity contribution in [1.82, 2.24) is 15.2 Å². The van der Waals surface area contributed by atoms with E-state index in [1.807, 2.05) is 7.05 Å². The van der Waals surface area contributed by atoms with Gasteiger partial charge in [-0.1, -0.05) is 11.6 Å². The molecule has 2 aromatic rings. The number of aromatic nitrogens is 1. The quantitative estimate of drug-likeness (QED) is 0.778. The average molecular weight is 424 g/mol. The van der Waals surface area contributed by atoms with Gasteiger partial charge in [0, 0.05) is 30.1 Å². The van der Waals surface area contributed by atoms with Gasteiger partial charge in [-0.05, 0) is 76.7 Å². The fourth-order valence-corrected chi connectivity index (χ4v) is 4.34. The van der Waals surface area contributed by atoms with Gasteiger partial charge in [0.1, 0.15) is 0 Å². The van der Waals surface area contributed by atoms with Gasteiger partial charge >= 0.3 is 0 Å². The molecular weight excluding hydrogens is 393 g/mol. The summed E-state index contributed by atoms with van der Waals surface area (Å²) in [5.41, 5.74) is 5.33. The Morgan fingerprint density at radius 2 is 1.93 bits per heavy atom. The Morgan fingerprint density at radius 3 is 2.61 bits per heavy atom. The van der Waals surface area contributed by atoms with Crippen molar-refractivity contribution in [3.05, 3.63) is 40.6 Å². The Balaban J connectivity index is 0.00000140. The molecule has 1 saturated heterocycles. The third-order valence-electron chi connectivity index (χ3n) is 5.79. The molecule has 1 saturated carbocycles. The Labute approximate surface area is 180 Å². The molecule has 2 fully saturated rings. The lowest BCUT2D eigenvalue weighted by Gasteiger charge is -2.33. The van der Waals surface area contributed by atoms with Gasteiger partial charge in [-0.3, -0.25) is 9.78 Å². The highest BCUT2D eigenvalue weighted by atomic mass is 35.5. The number of carbonyl (C=O) groups excluding carboxylic acids is 1. The van der Waals surface area contributed by atoms with Crippen LogP contribution >= 0.6 is 24.8 Å². The molecule has 4 nitrogen and oxygen atoms in total. The molecule has 1 unspecified atom stereocenters. The van der Waals surface area contributed by atoms with Crippen molar-refractivity contribution in [2.24, 2.45) is 5.92 Å². The number of nitrogens with zero attached hydrogens (tertiary/aromatic N) is 2. The van der Waals surface area contributed by atoms with Crippen molar-refractivity contribution in [3.8, 4) is 0 Å². The molecule has 1 N–H and O–H groups in total. The zero-order valence-electron chi connectivity index (χ0n) is 17.0. The number of carbonyl (C=O) groups is 1. The van der Waals surface area contributed by atoms with E-state index < -0.39 is 0 Å². The van der Waals surface area contributed by atoms with Crippen molar-refractivity contribution >= 4 is 41.6 Å². The number of nitrogens with one attached hydrogen (secondary N) is 1. The van der Waals surface area contributed by atoms with E-state index in [0.717, 1.165) is 48.2 Å². The molecule has 0 bridgehead atoms. The van der Waals surface area contributed by atoms with E-state index in [1.165, 1.54) is 30.4 Å². The predicted octanol–water partition coefficient (Wildman–Crippen LogP) is 4.64. The number of hydrogen-bond donors (Lipinski definition) is 1. The van der Waals surface area contributed by atoms with E-state index in [2.05, 4.69) is 42.3 Å². The number of fused-ring (bicyclic) bond motifs is 1. The van der Waals surface area contributed by atoms with Gasteiger partial charge in [-0.2, -0.15) is 0 Å². The van der Waals surface area contributed by atoms with Gasteiger partial charge in [0.05, 0.1) is 11.1 Å². The van der Waals surface area contributed by atoms with E-state index in [4.69, 9.17) is 4.98 Å². The number of benzene rings is 1. The average Bonchev–Trinajstić information content (AvgIpc) is 3.46. The summed E-state index contributed by atoms with van der Waals surface area (Å²) in [7, 11) is 1.99. The lowest BCUT2D eigenvalue weighted by atomic mass is 9.95. The minimum absolute atomic E-state index is 0. The summed E-state index contributed by atoms with van der Waals surface area (Å²) in [6.45, 7) is 6.91. The molecule has 2 aliphatic rings. The summed E-state index contributed by atoms with van der Waals surface area (Å²) in [5.74, 6) is 1.28. The second-order valence-corrected chi connectivity index (χ2v) is 8.16. The first-order valence-corrected chi connectivity index (χ1v) is 9.92. The summed E-state index contributed by atoms with van der Waals surface area (Å²) in [6, 6.07) is 6.39. The maximum absolute atomic E-state index is 13.5. The maximum atomic E-state index is 13.5. The maximum Gasteiger partial charge on any atom is 0.254 e. The molecule has 1 aromatic heterocycles. The molecule has 154 valence electrons. The van der Waals surface area contributed by atoms with Gasteiger partial charge in [-0.15, -0.1) is 24.8 Å². The van der Waals surface area contributed by atoms with Crippen LogP contribution in [0.3, 0.4) is 0 Å². The number of halogens is 2. The lowest BCUT2D eigenvalue weighted by molar-refractivity contribution is 0.0676. The smallest absolute Gasteiger partial charge is 0.254 e. The third kappa shape index (κ3) is 4.61. The van der Waals surface area contributed by atoms with Crippen LogP contribution in [0.25, 0.3) is 10.9 Å². The first-order chi connectivity index (χ1) is 12.6. The standard InChI is InChI=1S/C22H29N3O.2ClH/c1-14-9-15(2)21-18(10-14)19(11-20(24-21)17-6-7-17)22(26)25-8-4-5-16(13-25)12-23-3;;/h9-11,16-17,23H,4-8,12-13H2,1-3H3;2*1H. The van der Waals surface area contributed by atoms with Gasteiger partial charge in [0.25, 0.3) is 5.91 Å². The molecule has 1 aliphatic carbocycles. The molecule has 1 aliphatic heterocycles. The van der Waals surface area contributed by atoms with E-state index in [-0.39, 0.29) is 30.7 Å². The topological polar surface area (TPSA) is 45.2 Å². The second-order valence-electron chi connectivity index (χ2n) is 8.16. The molecule has 1 amide bonds. The molecule has 2 heterocycles. The highest BCUT2D eigenvalue weighted by molar-refractivity contribution is 6.07. The molecular formula is C22H31Cl2N3O. The summed E-state index contributed by atoms with van der Waals surface area (Å²) < 4.78 is 0. The SMILES string of the molecule is CNCC1CCCN(C(=O)c2cc(C3CC3)nc3c(C)cc(C)cc23)C1.Cl.Cl.